The number of H-pyrrole nitrogens is 1. The van der Waals surface area contributed by atoms with E-state index in [-0.39, 0.29) is 5.03 Å². The van der Waals surface area contributed by atoms with Crippen LogP contribution in [0.3, 0.4) is 0 Å². The Hall–Kier alpha value is -2.09. The van der Waals surface area contributed by atoms with Crippen LogP contribution in [0.15, 0.2) is 35.9 Å². The molecule has 2 aromatic heterocycles. The average Bonchev–Trinajstić information content (AvgIpc) is 3.13. The first-order valence-electron chi connectivity index (χ1n) is 6.37. The zero-order chi connectivity index (χ0) is 14.0. The molecule has 7 nitrogen and oxygen atoms in total. The predicted molar refractivity (Wildman–Crippen MR) is 75.1 cm³/mol. The molecule has 0 spiro atoms. The molecule has 1 aliphatic heterocycles. The summed E-state index contributed by atoms with van der Waals surface area (Å²) in [6, 6.07) is 3.55. The topological polar surface area (TPSA) is 91.0 Å². The fourth-order valence-corrected chi connectivity index (χ4v) is 3.13. The van der Waals surface area contributed by atoms with Gasteiger partial charge in [0.05, 0.1) is 24.4 Å². The molecule has 0 bridgehead atoms. The van der Waals surface area contributed by atoms with Crippen LogP contribution in [-0.2, 0) is 10.0 Å². The van der Waals surface area contributed by atoms with Crippen molar-refractivity contribution >= 4 is 21.5 Å². The van der Waals surface area contributed by atoms with Gasteiger partial charge in [-0.2, -0.15) is 8.42 Å². The molecule has 2 N–H and O–H groups in total. The number of nitrogens with one attached hydrogen (secondary N) is 2. The highest BCUT2D eigenvalue weighted by molar-refractivity contribution is 7.92. The predicted octanol–water partition coefficient (Wildman–Crippen LogP) is 1.21. The third-order valence-electron chi connectivity index (χ3n) is 3.19. The van der Waals surface area contributed by atoms with Gasteiger partial charge in [-0.15, -0.1) is 0 Å². The van der Waals surface area contributed by atoms with E-state index in [2.05, 4.69) is 24.6 Å². The fourth-order valence-electron chi connectivity index (χ4n) is 2.18. The van der Waals surface area contributed by atoms with Crippen LogP contribution in [0.25, 0.3) is 0 Å². The molecule has 3 heterocycles. The van der Waals surface area contributed by atoms with Crippen molar-refractivity contribution in [3.8, 4) is 0 Å². The Kier molecular flexibility index (Phi) is 3.31. The van der Waals surface area contributed by atoms with Gasteiger partial charge in [0.25, 0.3) is 10.0 Å². The first kappa shape index (κ1) is 12.9. The molecule has 20 heavy (non-hydrogen) atoms. The molecule has 0 atom stereocenters. The minimum Gasteiger partial charge on any atom is -0.357 e. The van der Waals surface area contributed by atoms with Crippen LogP contribution in [-0.4, -0.2) is 36.5 Å². The first-order valence-corrected chi connectivity index (χ1v) is 7.86. The van der Waals surface area contributed by atoms with Gasteiger partial charge in [-0.1, -0.05) is 0 Å². The van der Waals surface area contributed by atoms with Crippen molar-refractivity contribution in [1.82, 2.24) is 15.0 Å². The molecule has 3 rings (SSSR count). The van der Waals surface area contributed by atoms with E-state index >= 15 is 0 Å². The third kappa shape index (κ3) is 2.60. The van der Waals surface area contributed by atoms with Gasteiger partial charge in [0.2, 0.25) is 0 Å². The number of imidazole rings is 1. The summed E-state index contributed by atoms with van der Waals surface area (Å²) in [4.78, 5) is 12.8. The lowest BCUT2D eigenvalue weighted by molar-refractivity contribution is 0.598. The van der Waals surface area contributed by atoms with Crippen LogP contribution >= 0.6 is 0 Å². The Labute approximate surface area is 117 Å². The summed E-state index contributed by atoms with van der Waals surface area (Å²) in [7, 11) is -3.62. The lowest BCUT2D eigenvalue weighted by Gasteiger charge is -2.16. The first-order chi connectivity index (χ1) is 9.65. The number of nitrogens with zero attached hydrogens (tertiary/aromatic N) is 3. The highest BCUT2D eigenvalue weighted by Crippen LogP contribution is 2.20. The summed E-state index contributed by atoms with van der Waals surface area (Å²) in [5, 5.41) is 0.0288. The zero-order valence-electron chi connectivity index (χ0n) is 10.8. The Morgan fingerprint density at radius 2 is 2.00 bits per heavy atom. The van der Waals surface area contributed by atoms with Crippen molar-refractivity contribution in [2.24, 2.45) is 0 Å². The summed E-state index contributed by atoms with van der Waals surface area (Å²) in [6.07, 6.45) is 6.46. The second-order valence-electron chi connectivity index (χ2n) is 4.62. The molecule has 1 aliphatic rings. The average molecular weight is 293 g/mol. The number of sulfonamides is 1. The van der Waals surface area contributed by atoms with Crippen LogP contribution in [0.1, 0.15) is 12.8 Å². The largest absolute Gasteiger partial charge is 0.357 e. The van der Waals surface area contributed by atoms with Gasteiger partial charge in [-0.3, -0.25) is 4.72 Å². The Morgan fingerprint density at radius 3 is 2.60 bits per heavy atom. The minimum absolute atomic E-state index is 0.0288. The van der Waals surface area contributed by atoms with Crippen molar-refractivity contribution in [2.75, 3.05) is 22.7 Å². The van der Waals surface area contributed by atoms with Crippen LogP contribution in [0.2, 0.25) is 0 Å². The standard InChI is InChI=1S/C12H15N5O2S/c18-20(19,12-8-13-9-15-12)16-10-3-4-11(14-7-10)17-5-1-2-6-17/h3-4,7-9,16H,1-2,5-6H2,(H,13,15). The molecule has 0 radical (unpaired) electrons. The highest BCUT2D eigenvalue weighted by Gasteiger charge is 2.17. The summed E-state index contributed by atoms with van der Waals surface area (Å²) in [5.74, 6) is 0.881. The van der Waals surface area contributed by atoms with E-state index in [1.807, 2.05) is 6.07 Å². The Morgan fingerprint density at radius 1 is 1.20 bits per heavy atom. The zero-order valence-corrected chi connectivity index (χ0v) is 11.6. The molecule has 106 valence electrons. The number of rotatable bonds is 4. The van der Waals surface area contributed by atoms with Gasteiger partial charge in [0.1, 0.15) is 5.82 Å². The number of pyridine rings is 1. The molecule has 2 aromatic rings. The fraction of sp³-hybridized carbons (Fsp3) is 0.333. The number of anilines is 2. The molecule has 1 fully saturated rings. The molecule has 0 aromatic carbocycles. The number of aromatic nitrogens is 3. The molecule has 0 aliphatic carbocycles. The minimum atomic E-state index is -3.62. The van der Waals surface area contributed by atoms with E-state index in [0.717, 1.165) is 18.9 Å². The van der Waals surface area contributed by atoms with Crippen LogP contribution in [0, 0.1) is 0 Å². The van der Waals surface area contributed by atoms with Crippen LogP contribution in [0.5, 0.6) is 0 Å². The lowest BCUT2D eigenvalue weighted by Crippen LogP contribution is -2.19. The smallest absolute Gasteiger partial charge is 0.279 e. The summed E-state index contributed by atoms with van der Waals surface area (Å²) in [6.45, 7) is 2.01. The van der Waals surface area contributed by atoms with Crippen LogP contribution in [0.4, 0.5) is 11.5 Å². The quantitative estimate of drug-likeness (QED) is 0.884. The third-order valence-corrected chi connectivity index (χ3v) is 4.50. The van der Waals surface area contributed by atoms with E-state index < -0.39 is 10.0 Å². The Bertz CT molecular complexity index is 660. The van der Waals surface area contributed by atoms with Gasteiger partial charge in [-0.25, -0.2) is 9.97 Å². The van der Waals surface area contributed by atoms with Gasteiger partial charge in [0.15, 0.2) is 5.03 Å². The number of hydrogen-bond donors (Lipinski definition) is 2. The monoisotopic (exact) mass is 293 g/mol. The normalized spacial score (nSPS) is 15.5. The van der Waals surface area contributed by atoms with Crippen molar-refractivity contribution < 1.29 is 8.42 Å². The summed E-state index contributed by atoms with van der Waals surface area (Å²) < 4.78 is 26.4. The number of hydrogen-bond acceptors (Lipinski definition) is 5. The maximum Gasteiger partial charge on any atom is 0.279 e. The molecule has 1 saturated heterocycles. The maximum atomic E-state index is 12.0. The lowest BCUT2D eigenvalue weighted by atomic mass is 10.4. The van der Waals surface area contributed by atoms with Crippen molar-refractivity contribution in [1.29, 1.82) is 0 Å². The van der Waals surface area contributed by atoms with Crippen LogP contribution < -0.4 is 9.62 Å². The SMILES string of the molecule is O=S(=O)(Nc1ccc(N2CCCC2)nc1)c1cnc[nH]1. The van der Waals surface area contributed by atoms with E-state index in [1.165, 1.54) is 31.6 Å². The maximum absolute atomic E-state index is 12.0. The summed E-state index contributed by atoms with van der Waals surface area (Å²) >= 11 is 0. The highest BCUT2D eigenvalue weighted by atomic mass is 32.2. The molecular formula is C12H15N5O2S. The Balaban J connectivity index is 1.75. The van der Waals surface area contributed by atoms with Gasteiger partial charge in [-0.05, 0) is 25.0 Å². The second-order valence-corrected chi connectivity index (χ2v) is 6.27. The van der Waals surface area contributed by atoms with Crippen molar-refractivity contribution in [3.05, 3.63) is 30.9 Å². The molecule has 8 heteroatoms. The molecular weight excluding hydrogens is 278 g/mol. The van der Waals surface area contributed by atoms with Gasteiger partial charge < -0.3 is 9.88 Å². The summed E-state index contributed by atoms with van der Waals surface area (Å²) in [5.41, 5.74) is 0.433. The molecule has 0 saturated carbocycles. The van der Waals surface area contributed by atoms with E-state index in [0.29, 0.717) is 5.69 Å². The molecule has 0 unspecified atom stereocenters. The van der Waals surface area contributed by atoms with Gasteiger partial charge >= 0.3 is 0 Å². The van der Waals surface area contributed by atoms with Gasteiger partial charge in [0, 0.05) is 13.1 Å². The second kappa shape index (κ2) is 5.12. The van der Waals surface area contributed by atoms with E-state index in [1.54, 1.807) is 6.07 Å². The van der Waals surface area contributed by atoms with Crippen molar-refractivity contribution in [3.63, 3.8) is 0 Å². The van der Waals surface area contributed by atoms with Crippen molar-refractivity contribution in [2.45, 2.75) is 17.9 Å². The van der Waals surface area contributed by atoms with E-state index in [9.17, 15) is 8.42 Å². The van der Waals surface area contributed by atoms with E-state index in [4.69, 9.17) is 0 Å². The molecule has 0 amide bonds. The number of aromatic amines is 1.